The Morgan fingerprint density at radius 3 is 2.25 bits per heavy atom. The van der Waals surface area contributed by atoms with Gasteiger partial charge in [-0.25, -0.2) is 14.5 Å². The van der Waals surface area contributed by atoms with Crippen molar-refractivity contribution in [3.05, 3.63) is 65.7 Å². The average molecular weight is 443 g/mol. The predicted molar refractivity (Wildman–Crippen MR) is 119 cm³/mol. The normalized spacial score (nSPS) is 11.4. The summed E-state index contributed by atoms with van der Waals surface area (Å²) in [7, 11) is 1.53. The van der Waals surface area contributed by atoms with E-state index in [-0.39, 0.29) is 19.4 Å². The van der Waals surface area contributed by atoms with Crippen LogP contribution in [-0.2, 0) is 27.4 Å². The number of ether oxygens (including phenoxy) is 2. The van der Waals surface area contributed by atoms with Gasteiger partial charge in [0.2, 0.25) is 5.91 Å². The number of amides is 2. The number of carbonyl (C=O) groups excluding carboxylic acids is 2. The third-order valence-electron chi connectivity index (χ3n) is 4.95. The zero-order valence-corrected chi connectivity index (χ0v) is 18.2. The smallest absolute Gasteiger partial charge is 0.417 e. The van der Waals surface area contributed by atoms with Gasteiger partial charge < -0.3 is 20.3 Å². The van der Waals surface area contributed by atoms with Crippen molar-refractivity contribution < 1.29 is 29.0 Å². The Morgan fingerprint density at radius 2 is 1.66 bits per heavy atom. The van der Waals surface area contributed by atoms with E-state index >= 15 is 0 Å². The standard InChI is InChI=1S/C24H30N2O6/c1-31-20-13-11-18(12-14-20)16-21(23(28)29)26(22(27)10-6-3-7-15-25)24(30)32-17-19-8-4-2-5-9-19/h2,4-5,8-9,11-14,21H,3,6-7,10,15-17,25H2,1H3,(H,28,29)/t21-/m0/s1. The summed E-state index contributed by atoms with van der Waals surface area (Å²) < 4.78 is 10.4. The van der Waals surface area contributed by atoms with Crippen LogP contribution in [0.5, 0.6) is 5.75 Å². The van der Waals surface area contributed by atoms with Crippen molar-refractivity contribution in [2.24, 2.45) is 5.73 Å². The third kappa shape index (κ3) is 7.70. The molecule has 0 saturated carbocycles. The minimum absolute atomic E-state index is 0.0346. The van der Waals surface area contributed by atoms with Crippen molar-refractivity contribution in [1.29, 1.82) is 0 Å². The minimum Gasteiger partial charge on any atom is -0.497 e. The van der Waals surface area contributed by atoms with E-state index in [9.17, 15) is 19.5 Å². The van der Waals surface area contributed by atoms with Gasteiger partial charge in [0, 0.05) is 12.8 Å². The van der Waals surface area contributed by atoms with Crippen LogP contribution < -0.4 is 10.5 Å². The number of benzene rings is 2. The maximum absolute atomic E-state index is 12.9. The number of carboxylic acids is 1. The van der Waals surface area contributed by atoms with E-state index < -0.39 is 24.0 Å². The molecule has 2 amide bonds. The van der Waals surface area contributed by atoms with Crippen LogP contribution in [-0.4, -0.2) is 47.7 Å². The van der Waals surface area contributed by atoms with Gasteiger partial charge >= 0.3 is 12.1 Å². The molecule has 2 rings (SSSR count). The van der Waals surface area contributed by atoms with Gasteiger partial charge in [0.05, 0.1) is 7.11 Å². The maximum atomic E-state index is 12.9. The summed E-state index contributed by atoms with van der Waals surface area (Å²) in [4.78, 5) is 38.6. The van der Waals surface area contributed by atoms with E-state index in [1.807, 2.05) is 6.07 Å². The van der Waals surface area contributed by atoms with E-state index in [0.29, 0.717) is 30.7 Å². The molecule has 8 nitrogen and oxygen atoms in total. The number of carbonyl (C=O) groups is 3. The molecule has 8 heteroatoms. The molecule has 32 heavy (non-hydrogen) atoms. The first-order valence-electron chi connectivity index (χ1n) is 10.5. The molecule has 0 aromatic heterocycles. The summed E-state index contributed by atoms with van der Waals surface area (Å²) >= 11 is 0. The lowest BCUT2D eigenvalue weighted by Gasteiger charge is -2.27. The summed E-state index contributed by atoms with van der Waals surface area (Å²) in [5.41, 5.74) is 6.87. The summed E-state index contributed by atoms with van der Waals surface area (Å²) in [5.74, 6) is -1.25. The predicted octanol–water partition coefficient (Wildman–Crippen LogP) is 3.38. The van der Waals surface area contributed by atoms with Crippen LogP contribution in [0.25, 0.3) is 0 Å². The van der Waals surface area contributed by atoms with Crippen LogP contribution >= 0.6 is 0 Å². The van der Waals surface area contributed by atoms with Gasteiger partial charge in [-0.2, -0.15) is 0 Å². The Kier molecular flexibility index (Phi) is 10.2. The number of nitrogens with zero attached hydrogens (tertiary/aromatic N) is 1. The van der Waals surface area contributed by atoms with Crippen LogP contribution in [0.3, 0.4) is 0 Å². The molecule has 2 aromatic carbocycles. The third-order valence-corrected chi connectivity index (χ3v) is 4.95. The van der Waals surface area contributed by atoms with Gasteiger partial charge in [-0.3, -0.25) is 4.79 Å². The zero-order chi connectivity index (χ0) is 23.3. The van der Waals surface area contributed by atoms with Gasteiger partial charge in [0.15, 0.2) is 0 Å². The molecule has 0 aliphatic carbocycles. The van der Waals surface area contributed by atoms with Gasteiger partial charge in [0.1, 0.15) is 18.4 Å². The highest BCUT2D eigenvalue weighted by Gasteiger charge is 2.35. The van der Waals surface area contributed by atoms with E-state index in [1.165, 1.54) is 7.11 Å². The molecule has 3 N–H and O–H groups in total. The number of hydrogen-bond donors (Lipinski definition) is 2. The summed E-state index contributed by atoms with van der Waals surface area (Å²) in [6.07, 6.45) is 0.985. The van der Waals surface area contributed by atoms with Gasteiger partial charge in [-0.15, -0.1) is 0 Å². The molecular weight excluding hydrogens is 412 g/mol. The Balaban J connectivity index is 2.20. The summed E-state index contributed by atoms with van der Waals surface area (Å²) in [6, 6.07) is 14.4. The fourth-order valence-corrected chi connectivity index (χ4v) is 3.18. The number of aliphatic carboxylic acids is 1. The van der Waals surface area contributed by atoms with Crippen LogP contribution in [0.15, 0.2) is 54.6 Å². The molecule has 2 aromatic rings. The molecule has 0 saturated heterocycles. The first-order valence-corrected chi connectivity index (χ1v) is 10.5. The number of nitrogens with two attached hydrogens (primary N) is 1. The Labute approximate surface area is 187 Å². The second kappa shape index (κ2) is 13.1. The highest BCUT2D eigenvalue weighted by atomic mass is 16.6. The van der Waals surface area contributed by atoms with Gasteiger partial charge in [0.25, 0.3) is 0 Å². The van der Waals surface area contributed by atoms with Crippen molar-refractivity contribution in [3.8, 4) is 5.75 Å². The second-order valence-corrected chi connectivity index (χ2v) is 7.31. The van der Waals surface area contributed by atoms with Crippen molar-refractivity contribution in [2.45, 2.75) is 44.8 Å². The van der Waals surface area contributed by atoms with Crippen molar-refractivity contribution >= 4 is 18.0 Å². The minimum atomic E-state index is -1.39. The fraction of sp³-hybridized carbons (Fsp3) is 0.375. The van der Waals surface area contributed by atoms with Crippen LogP contribution in [0.1, 0.15) is 36.8 Å². The molecule has 0 spiro atoms. The van der Waals surface area contributed by atoms with Gasteiger partial charge in [-0.1, -0.05) is 48.9 Å². The van der Waals surface area contributed by atoms with Crippen LogP contribution in [0.4, 0.5) is 4.79 Å². The van der Waals surface area contributed by atoms with E-state index in [4.69, 9.17) is 15.2 Å². The first kappa shape index (κ1) is 24.9. The van der Waals surface area contributed by atoms with Crippen LogP contribution in [0.2, 0.25) is 0 Å². The zero-order valence-electron chi connectivity index (χ0n) is 18.2. The molecule has 0 aliphatic rings. The van der Waals surface area contributed by atoms with E-state index in [2.05, 4.69) is 0 Å². The highest BCUT2D eigenvalue weighted by Crippen LogP contribution is 2.18. The number of carboxylic acid groups (broad SMARTS) is 1. The Morgan fingerprint density at radius 1 is 0.969 bits per heavy atom. The quantitative estimate of drug-likeness (QED) is 0.484. The second-order valence-electron chi connectivity index (χ2n) is 7.31. The monoisotopic (exact) mass is 442 g/mol. The molecule has 1 atom stereocenters. The van der Waals surface area contributed by atoms with E-state index in [0.717, 1.165) is 16.9 Å². The lowest BCUT2D eigenvalue weighted by atomic mass is 10.0. The molecule has 172 valence electrons. The molecule has 0 unspecified atom stereocenters. The molecular formula is C24H30N2O6. The van der Waals surface area contributed by atoms with Crippen molar-refractivity contribution in [1.82, 2.24) is 4.90 Å². The lowest BCUT2D eigenvalue weighted by molar-refractivity contribution is -0.148. The molecule has 0 aliphatic heterocycles. The molecule has 0 radical (unpaired) electrons. The molecule has 0 bridgehead atoms. The Bertz CT molecular complexity index is 870. The average Bonchev–Trinajstić information content (AvgIpc) is 2.81. The largest absolute Gasteiger partial charge is 0.497 e. The summed E-state index contributed by atoms with van der Waals surface area (Å²) in [6.45, 7) is 0.442. The number of hydrogen-bond acceptors (Lipinski definition) is 6. The van der Waals surface area contributed by atoms with Gasteiger partial charge in [-0.05, 0) is 42.6 Å². The Hall–Kier alpha value is -3.39. The topological polar surface area (TPSA) is 119 Å². The number of unbranched alkanes of at least 4 members (excludes halogenated alkanes) is 2. The summed E-state index contributed by atoms with van der Waals surface area (Å²) in [5, 5.41) is 9.86. The van der Waals surface area contributed by atoms with Crippen molar-refractivity contribution in [2.75, 3.05) is 13.7 Å². The number of methoxy groups -OCH3 is 1. The molecule has 0 fully saturated rings. The number of rotatable bonds is 12. The SMILES string of the molecule is COc1ccc(C[C@@H](C(=O)O)N(C(=O)CCCCCN)C(=O)OCc2ccccc2)cc1. The fourth-order valence-electron chi connectivity index (χ4n) is 3.18. The first-order chi connectivity index (χ1) is 15.5. The van der Waals surface area contributed by atoms with E-state index in [1.54, 1.807) is 48.5 Å². The molecule has 0 heterocycles. The maximum Gasteiger partial charge on any atom is 0.417 e. The highest BCUT2D eigenvalue weighted by molar-refractivity contribution is 5.96. The lowest BCUT2D eigenvalue weighted by Crippen LogP contribution is -2.50. The van der Waals surface area contributed by atoms with Crippen LogP contribution in [0, 0.1) is 0 Å². The number of imide groups is 1. The van der Waals surface area contributed by atoms with Crippen molar-refractivity contribution in [3.63, 3.8) is 0 Å².